The van der Waals surface area contributed by atoms with Gasteiger partial charge in [-0.05, 0) is 19.5 Å². The highest BCUT2D eigenvalue weighted by atomic mass is 15.1. The largest absolute Gasteiger partial charge is 0.317 e. The molecule has 9 heavy (non-hydrogen) atoms. The molecule has 0 aromatic carbocycles. The van der Waals surface area contributed by atoms with E-state index in [1.807, 2.05) is 0 Å². The van der Waals surface area contributed by atoms with E-state index in [0.29, 0.717) is 0 Å². The predicted molar refractivity (Wildman–Crippen MR) is 38.4 cm³/mol. The number of hydrogen-bond acceptors (Lipinski definition) is 3. The molecule has 2 saturated heterocycles. The lowest BCUT2D eigenvalue weighted by atomic mass is 10.3. The van der Waals surface area contributed by atoms with Crippen molar-refractivity contribution < 1.29 is 0 Å². The molecule has 2 aliphatic rings. The van der Waals surface area contributed by atoms with E-state index in [4.69, 9.17) is 0 Å². The van der Waals surface area contributed by atoms with Crippen molar-refractivity contribution in [2.45, 2.75) is 6.42 Å². The third kappa shape index (κ3) is 3.46. The van der Waals surface area contributed by atoms with Crippen LogP contribution in [-0.4, -0.2) is 32.8 Å². The van der Waals surface area contributed by atoms with Crippen molar-refractivity contribution in [2.75, 3.05) is 32.8 Å². The molecule has 0 bridgehead atoms. The molecule has 0 aromatic heterocycles. The second-order valence-corrected chi connectivity index (χ2v) is 2.28. The highest BCUT2D eigenvalue weighted by Crippen LogP contribution is 1.80. The van der Waals surface area contributed by atoms with Gasteiger partial charge in [0.05, 0.1) is 0 Å². The zero-order valence-electron chi connectivity index (χ0n) is 5.74. The average molecular weight is 129 g/mol. The summed E-state index contributed by atoms with van der Waals surface area (Å²) in [7, 11) is 0. The molecule has 0 amide bonds. The van der Waals surface area contributed by atoms with E-state index >= 15 is 0 Å². The maximum Gasteiger partial charge on any atom is 0.0455 e. The summed E-state index contributed by atoms with van der Waals surface area (Å²) in [6.07, 6.45) is 1.39. The second-order valence-electron chi connectivity index (χ2n) is 2.28. The monoisotopic (exact) mass is 129 g/mol. The molecule has 3 N–H and O–H groups in total. The number of rotatable bonds is 0. The number of nitrogens with one attached hydrogen (secondary N) is 3. The lowest BCUT2D eigenvalue weighted by Gasteiger charge is -2.09. The van der Waals surface area contributed by atoms with Crippen molar-refractivity contribution >= 4 is 0 Å². The van der Waals surface area contributed by atoms with Crippen LogP contribution in [0.15, 0.2) is 0 Å². The molecule has 0 spiro atoms. The molecule has 2 heterocycles. The zero-order chi connectivity index (χ0) is 6.36. The quantitative estimate of drug-likeness (QED) is 0.397. The third-order valence-corrected chi connectivity index (χ3v) is 1.44. The van der Waals surface area contributed by atoms with E-state index in [-0.39, 0.29) is 0 Å². The van der Waals surface area contributed by atoms with Crippen LogP contribution < -0.4 is 16.0 Å². The first-order valence-electron chi connectivity index (χ1n) is 3.62. The standard InChI is InChI=1S/C3H8N2.C3H7N/c1-2-5-3-4-1;1-2-4-3-1/h4-5H,1-3H2;4H,1-3H2. The summed E-state index contributed by atoms with van der Waals surface area (Å²) >= 11 is 0. The van der Waals surface area contributed by atoms with Gasteiger partial charge in [-0.15, -0.1) is 0 Å². The summed E-state index contributed by atoms with van der Waals surface area (Å²) in [6, 6.07) is 0. The first-order chi connectivity index (χ1) is 4.50. The fraction of sp³-hybridized carbons (Fsp3) is 1.00. The van der Waals surface area contributed by atoms with E-state index in [1.165, 1.54) is 19.5 Å². The van der Waals surface area contributed by atoms with Crippen LogP contribution in [0.4, 0.5) is 0 Å². The van der Waals surface area contributed by atoms with Crippen molar-refractivity contribution in [1.29, 1.82) is 0 Å². The van der Waals surface area contributed by atoms with Crippen molar-refractivity contribution in [3.05, 3.63) is 0 Å². The minimum absolute atomic E-state index is 1.00. The van der Waals surface area contributed by atoms with Gasteiger partial charge in [0.15, 0.2) is 0 Å². The SMILES string of the molecule is C1CNC1.C1CNCN1. The van der Waals surface area contributed by atoms with Gasteiger partial charge in [0, 0.05) is 19.8 Å². The van der Waals surface area contributed by atoms with Crippen LogP contribution in [-0.2, 0) is 0 Å². The van der Waals surface area contributed by atoms with Crippen molar-refractivity contribution in [2.24, 2.45) is 0 Å². The molecule has 0 aliphatic carbocycles. The molecule has 2 rings (SSSR count). The van der Waals surface area contributed by atoms with Gasteiger partial charge < -0.3 is 16.0 Å². The van der Waals surface area contributed by atoms with Crippen LogP contribution in [0, 0.1) is 0 Å². The Morgan fingerprint density at radius 1 is 0.667 bits per heavy atom. The molecule has 0 atom stereocenters. The van der Waals surface area contributed by atoms with Crippen LogP contribution in [0.5, 0.6) is 0 Å². The molecule has 0 unspecified atom stereocenters. The van der Waals surface area contributed by atoms with Gasteiger partial charge in [0.1, 0.15) is 0 Å². The summed E-state index contributed by atoms with van der Waals surface area (Å²) < 4.78 is 0. The van der Waals surface area contributed by atoms with Crippen molar-refractivity contribution in [1.82, 2.24) is 16.0 Å². The Morgan fingerprint density at radius 2 is 1.11 bits per heavy atom. The summed E-state index contributed by atoms with van der Waals surface area (Å²) in [5, 5.41) is 9.33. The molecule has 3 nitrogen and oxygen atoms in total. The lowest BCUT2D eigenvalue weighted by molar-refractivity contribution is 0.527. The van der Waals surface area contributed by atoms with Crippen LogP contribution in [0.3, 0.4) is 0 Å². The Balaban J connectivity index is 0.0000000922. The van der Waals surface area contributed by atoms with E-state index in [1.54, 1.807) is 0 Å². The molecular weight excluding hydrogens is 114 g/mol. The van der Waals surface area contributed by atoms with E-state index in [9.17, 15) is 0 Å². The van der Waals surface area contributed by atoms with E-state index in [0.717, 1.165) is 19.8 Å². The molecular formula is C6H15N3. The molecule has 0 radical (unpaired) electrons. The maximum absolute atomic E-state index is 3.11. The second kappa shape index (κ2) is 4.73. The molecule has 0 aromatic rings. The first kappa shape index (κ1) is 6.99. The smallest absolute Gasteiger partial charge is 0.0455 e. The molecule has 3 heteroatoms. The summed E-state index contributed by atoms with van der Waals surface area (Å²) in [6.45, 7) is 5.78. The topological polar surface area (TPSA) is 36.1 Å². The Bertz CT molecular complexity index is 45.7. The predicted octanol–water partition coefficient (Wildman–Crippen LogP) is -0.884. The van der Waals surface area contributed by atoms with Gasteiger partial charge in [-0.1, -0.05) is 0 Å². The van der Waals surface area contributed by atoms with Crippen LogP contribution in [0.25, 0.3) is 0 Å². The van der Waals surface area contributed by atoms with Crippen molar-refractivity contribution in [3.63, 3.8) is 0 Å². The normalized spacial score (nSPS) is 24.0. The van der Waals surface area contributed by atoms with Crippen LogP contribution in [0.2, 0.25) is 0 Å². The van der Waals surface area contributed by atoms with Crippen LogP contribution in [0.1, 0.15) is 6.42 Å². The zero-order valence-corrected chi connectivity index (χ0v) is 5.74. The highest BCUT2D eigenvalue weighted by Gasteiger charge is 1.92. The molecule has 2 fully saturated rings. The Morgan fingerprint density at radius 3 is 1.22 bits per heavy atom. The van der Waals surface area contributed by atoms with Gasteiger partial charge in [-0.25, -0.2) is 0 Å². The van der Waals surface area contributed by atoms with Gasteiger partial charge in [-0.2, -0.15) is 0 Å². The first-order valence-corrected chi connectivity index (χ1v) is 3.62. The number of hydrogen-bond donors (Lipinski definition) is 3. The van der Waals surface area contributed by atoms with Gasteiger partial charge in [0.2, 0.25) is 0 Å². The molecule has 0 saturated carbocycles. The minimum Gasteiger partial charge on any atom is -0.317 e. The van der Waals surface area contributed by atoms with Gasteiger partial charge in [-0.3, -0.25) is 0 Å². The van der Waals surface area contributed by atoms with Gasteiger partial charge in [0.25, 0.3) is 0 Å². The average Bonchev–Trinajstić information content (AvgIpc) is 2.07. The van der Waals surface area contributed by atoms with E-state index in [2.05, 4.69) is 16.0 Å². The Hall–Kier alpha value is -0.120. The minimum atomic E-state index is 1.00. The summed E-state index contributed by atoms with van der Waals surface area (Å²) in [4.78, 5) is 0. The summed E-state index contributed by atoms with van der Waals surface area (Å²) in [5.41, 5.74) is 0. The fourth-order valence-corrected chi connectivity index (χ4v) is 0.619. The fourth-order valence-electron chi connectivity index (χ4n) is 0.619. The third-order valence-electron chi connectivity index (χ3n) is 1.44. The molecule has 2 aliphatic heterocycles. The molecule has 54 valence electrons. The maximum atomic E-state index is 3.11. The Kier molecular flexibility index (Phi) is 3.68. The highest BCUT2D eigenvalue weighted by molar-refractivity contribution is 4.56. The van der Waals surface area contributed by atoms with Crippen molar-refractivity contribution in [3.8, 4) is 0 Å². The van der Waals surface area contributed by atoms with Gasteiger partial charge >= 0.3 is 0 Å². The van der Waals surface area contributed by atoms with Crippen LogP contribution >= 0.6 is 0 Å². The summed E-state index contributed by atoms with van der Waals surface area (Å²) in [5.74, 6) is 0. The van der Waals surface area contributed by atoms with E-state index < -0.39 is 0 Å². The Labute approximate surface area is 56.2 Å². The lowest BCUT2D eigenvalue weighted by Crippen LogP contribution is -2.29.